The predicted molar refractivity (Wildman–Crippen MR) is 80.1 cm³/mol. The van der Waals surface area contributed by atoms with E-state index in [9.17, 15) is 5.11 Å². The summed E-state index contributed by atoms with van der Waals surface area (Å²) in [4.78, 5) is 6.99. The lowest BCUT2D eigenvalue weighted by Gasteiger charge is -2.29. The molecule has 0 aliphatic heterocycles. The molecule has 1 aromatic rings. The van der Waals surface area contributed by atoms with Gasteiger partial charge in [0.05, 0.1) is 0 Å². The molecule has 1 rings (SSSR count). The Hall–Kier alpha value is -0.920. The maximum absolute atomic E-state index is 10.0. The van der Waals surface area contributed by atoms with E-state index in [2.05, 4.69) is 48.5 Å². The third kappa shape index (κ3) is 4.93. The standard InChI is InChI=1S/C15H24O.HO2P/c1-10-11(14(2,3)4)8-9-12(16)13(10)15(5,6)7;1-3-2/h8-9,16H,1-7H3;(H,1,2). The van der Waals surface area contributed by atoms with Crippen molar-refractivity contribution in [3.8, 4) is 5.75 Å². The van der Waals surface area contributed by atoms with Crippen LogP contribution in [0.4, 0.5) is 0 Å². The fourth-order valence-electron chi connectivity index (χ4n) is 2.46. The predicted octanol–water partition coefficient (Wildman–Crippen LogP) is 4.48. The van der Waals surface area contributed by atoms with Crippen LogP contribution in [0.25, 0.3) is 0 Å². The number of hydrogen-bond donors (Lipinski definition) is 2. The van der Waals surface area contributed by atoms with E-state index in [-0.39, 0.29) is 10.8 Å². The molecule has 0 heterocycles. The van der Waals surface area contributed by atoms with Crippen molar-refractivity contribution in [2.75, 3.05) is 0 Å². The van der Waals surface area contributed by atoms with Gasteiger partial charge in [-0.15, -0.1) is 0 Å². The Morgan fingerprint density at radius 3 is 1.74 bits per heavy atom. The smallest absolute Gasteiger partial charge is 0.324 e. The third-order valence-electron chi connectivity index (χ3n) is 3.00. The Morgan fingerprint density at radius 2 is 1.42 bits per heavy atom. The van der Waals surface area contributed by atoms with E-state index in [4.69, 9.17) is 9.46 Å². The molecule has 0 bridgehead atoms. The summed E-state index contributed by atoms with van der Waals surface area (Å²) >= 11 is 0. The van der Waals surface area contributed by atoms with Gasteiger partial charge in [0.1, 0.15) is 5.75 Å². The summed E-state index contributed by atoms with van der Waals surface area (Å²) < 4.78 is 8.46. The highest BCUT2D eigenvalue weighted by Gasteiger charge is 2.25. The minimum atomic E-state index is -0.833. The van der Waals surface area contributed by atoms with Gasteiger partial charge in [0, 0.05) is 5.56 Å². The van der Waals surface area contributed by atoms with Gasteiger partial charge in [0.25, 0.3) is 0 Å². The Bertz CT molecular complexity index is 440. The molecule has 0 fully saturated rings. The number of benzene rings is 1. The summed E-state index contributed by atoms with van der Waals surface area (Å²) in [6.07, 6.45) is 0. The number of phenols is 1. The quantitative estimate of drug-likeness (QED) is 0.690. The van der Waals surface area contributed by atoms with Crippen molar-refractivity contribution in [1.29, 1.82) is 0 Å². The van der Waals surface area contributed by atoms with Gasteiger partial charge in [-0.2, -0.15) is 0 Å². The van der Waals surface area contributed by atoms with Crippen molar-refractivity contribution in [2.24, 2.45) is 0 Å². The molecule has 0 aliphatic carbocycles. The molecule has 0 aliphatic rings. The van der Waals surface area contributed by atoms with Crippen molar-refractivity contribution < 1.29 is 14.6 Å². The molecule has 108 valence electrons. The molecule has 3 nitrogen and oxygen atoms in total. The average Bonchev–Trinajstić information content (AvgIpc) is 2.13. The second kappa shape index (κ2) is 6.49. The van der Waals surface area contributed by atoms with Crippen molar-refractivity contribution >= 4 is 8.69 Å². The summed E-state index contributed by atoms with van der Waals surface area (Å²) in [6.45, 7) is 15.2. The highest BCUT2D eigenvalue weighted by Crippen LogP contribution is 2.38. The van der Waals surface area contributed by atoms with Crippen LogP contribution in [0, 0.1) is 6.92 Å². The van der Waals surface area contributed by atoms with Crippen molar-refractivity contribution in [1.82, 2.24) is 0 Å². The first-order valence-electron chi connectivity index (χ1n) is 6.27. The van der Waals surface area contributed by atoms with Crippen LogP contribution < -0.4 is 0 Å². The fourth-order valence-corrected chi connectivity index (χ4v) is 2.46. The monoisotopic (exact) mass is 284 g/mol. The lowest BCUT2D eigenvalue weighted by Crippen LogP contribution is -2.19. The van der Waals surface area contributed by atoms with Crippen molar-refractivity contribution in [3.63, 3.8) is 0 Å². The highest BCUT2D eigenvalue weighted by molar-refractivity contribution is 7.16. The molecule has 1 aromatic carbocycles. The second-order valence-electron chi connectivity index (χ2n) is 6.71. The van der Waals surface area contributed by atoms with E-state index in [1.165, 1.54) is 11.1 Å². The molecular weight excluding hydrogens is 259 g/mol. The first kappa shape index (κ1) is 18.1. The molecule has 0 aromatic heterocycles. The zero-order chi connectivity index (χ0) is 15.4. The summed E-state index contributed by atoms with van der Waals surface area (Å²) in [5.41, 5.74) is 3.71. The Balaban J connectivity index is 0.000000982. The van der Waals surface area contributed by atoms with Crippen LogP contribution in [-0.2, 0) is 15.4 Å². The SMILES string of the molecule is Cc1c(C(C)(C)C)ccc(O)c1C(C)(C)C.O=PO. The first-order valence-corrected chi connectivity index (χ1v) is 7.03. The molecular formula is C15H25O3P. The average molecular weight is 284 g/mol. The summed E-state index contributed by atoms with van der Waals surface area (Å²) in [6, 6.07) is 3.87. The van der Waals surface area contributed by atoms with Crippen LogP contribution >= 0.6 is 8.69 Å². The van der Waals surface area contributed by atoms with Gasteiger partial charge in [0.15, 0.2) is 0 Å². The van der Waals surface area contributed by atoms with Gasteiger partial charge in [-0.3, -0.25) is 0 Å². The van der Waals surface area contributed by atoms with Crippen LogP contribution in [0.1, 0.15) is 58.2 Å². The van der Waals surface area contributed by atoms with Gasteiger partial charge in [-0.25, -0.2) is 4.57 Å². The van der Waals surface area contributed by atoms with Crippen LogP contribution in [0.2, 0.25) is 0 Å². The molecule has 0 saturated heterocycles. The zero-order valence-corrected chi connectivity index (χ0v) is 13.8. The largest absolute Gasteiger partial charge is 0.508 e. The minimum absolute atomic E-state index is 0.0184. The molecule has 2 N–H and O–H groups in total. The van der Waals surface area contributed by atoms with E-state index >= 15 is 0 Å². The molecule has 0 amide bonds. The summed E-state index contributed by atoms with van der Waals surface area (Å²) in [5, 5.41) is 10.0. The first-order chi connectivity index (χ1) is 8.46. The van der Waals surface area contributed by atoms with Crippen LogP contribution in [0.15, 0.2) is 12.1 Å². The van der Waals surface area contributed by atoms with Gasteiger partial charge < -0.3 is 10.00 Å². The summed E-state index contributed by atoms with van der Waals surface area (Å²) in [7, 11) is -0.833. The normalized spacial score (nSPS) is 12.0. The lowest BCUT2D eigenvalue weighted by molar-refractivity contribution is 0.442. The zero-order valence-electron chi connectivity index (χ0n) is 12.9. The van der Waals surface area contributed by atoms with Crippen molar-refractivity contribution in [3.05, 3.63) is 28.8 Å². The third-order valence-corrected chi connectivity index (χ3v) is 3.00. The minimum Gasteiger partial charge on any atom is -0.508 e. The number of hydrogen-bond acceptors (Lipinski definition) is 2. The highest BCUT2D eigenvalue weighted by atomic mass is 31.1. The molecule has 0 saturated carbocycles. The molecule has 19 heavy (non-hydrogen) atoms. The van der Waals surface area contributed by atoms with Crippen LogP contribution in [0.5, 0.6) is 5.75 Å². The maximum Gasteiger partial charge on any atom is 0.324 e. The number of aromatic hydroxyl groups is 1. The topological polar surface area (TPSA) is 57.5 Å². The van der Waals surface area contributed by atoms with Gasteiger partial charge in [-0.05, 0) is 34.9 Å². The number of phenolic OH excluding ortho intramolecular Hbond substituents is 1. The molecule has 0 radical (unpaired) electrons. The Morgan fingerprint density at radius 1 is 1.00 bits per heavy atom. The Labute approximate surface area is 118 Å². The molecule has 0 spiro atoms. The molecule has 0 atom stereocenters. The van der Waals surface area contributed by atoms with E-state index in [1.54, 1.807) is 0 Å². The molecule has 0 unspecified atom stereocenters. The Kier molecular flexibility index (Phi) is 6.18. The molecule has 4 heteroatoms. The van der Waals surface area contributed by atoms with E-state index in [0.717, 1.165) is 5.56 Å². The number of rotatable bonds is 0. The maximum atomic E-state index is 10.0. The van der Waals surface area contributed by atoms with Gasteiger partial charge in [0.2, 0.25) is 0 Å². The van der Waals surface area contributed by atoms with E-state index < -0.39 is 8.69 Å². The fraction of sp³-hybridized carbons (Fsp3) is 0.600. The van der Waals surface area contributed by atoms with Gasteiger partial charge in [-0.1, -0.05) is 47.6 Å². The van der Waals surface area contributed by atoms with Gasteiger partial charge >= 0.3 is 8.69 Å². The second-order valence-corrected chi connectivity index (χ2v) is 6.88. The van der Waals surface area contributed by atoms with Crippen LogP contribution in [-0.4, -0.2) is 10.00 Å². The lowest BCUT2D eigenvalue weighted by atomic mass is 9.76. The van der Waals surface area contributed by atoms with E-state index in [0.29, 0.717) is 5.75 Å². The van der Waals surface area contributed by atoms with Crippen LogP contribution in [0.3, 0.4) is 0 Å². The summed E-state index contributed by atoms with van der Waals surface area (Å²) in [5.74, 6) is 0.415. The van der Waals surface area contributed by atoms with E-state index in [1.807, 2.05) is 12.1 Å². The van der Waals surface area contributed by atoms with Crippen molar-refractivity contribution in [2.45, 2.75) is 59.3 Å².